The van der Waals surface area contributed by atoms with Gasteiger partial charge in [-0.15, -0.1) is 11.3 Å². The summed E-state index contributed by atoms with van der Waals surface area (Å²) < 4.78 is 30.6. The lowest BCUT2D eigenvalue weighted by molar-refractivity contribution is 0.0734. The van der Waals surface area contributed by atoms with E-state index in [1.165, 1.54) is 38.4 Å². The molecule has 0 amide bonds. The van der Waals surface area contributed by atoms with E-state index in [0.717, 1.165) is 20.6 Å². The molecule has 1 aromatic heterocycles. The Hall–Kier alpha value is -2.55. The highest BCUT2D eigenvalue weighted by Gasteiger charge is 2.18. The first kappa shape index (κ1) is 19.2. The highest BCUT2D eigenvalue weighted by atomic mass is 32.2. The molecule has 0 bridgehead atoms. The Morgan fingerprint density at radius 2 is 1.67 bits per heavy atom. The van der Waals surface area contributed by atoms with Crippen LogP contribution < -0.4 is 4.74 Å². The van der Waals surface area contributed by atoms with Gasteiger partial charge in [0.2, 0.25) is 10.0 Å². The maximum absolute atomic E-state index is 12.3. The van der Waals surface area contributed by atoms with Gasteiger partial charge in [0.05, 0.1) is 10.5 Å². The number of nitrogens with zero attached hydrogens (tertiary/aromatic N) is 2. The van der Waals surface area contributed by atoms with Crippen molar-refractivity contribution < 1.29 is 17.9 Å². The molecule has 6 nitrogen and oxygen atoms in total. The molecular weight excluding hydrogens is 384 g/mol. The maximum atomic E-state index is 12.3. The summed E-state index contributed by atoms with van der Waals surface area (Å²) in [4.78, 5) is 16.8. The van der Waals surface area contributed by atoms with Gasteiger partial charge in [-0.2, -0.15) is 0 Å². The number of carbonyl (C=O) groups excluding carboxylic acids is 1. The minimum atomic E-state index is -3.53. The number of rotatable bonds is 5. The molecule has 0 radical (unpaired) electrons. The van der Waals surface area contributed by atoms with E-state index in [1.54, 1.807) is 23.5 Å². The molecule has 0 unspecified atom stereocenters. The van der Waals surface area contributed by atoms with Crippen LogP contribution in [0.3, 0.4) is 0 Å². The van der Waals surface area contributed by atoms with E-state index in [1.807, 2.05) is 24.4 Å². The number of esters is 1. The fourth-order valence-corrected chi connectivity index (χ4v) is 4.00. The average molecular weight is 402 g/mol. The Balaban J connectivity index is 1.72. The molecule has 0 saturated heterocycles. The van der Waals surface area contributed by atoms with Crippen molar-refractivity contribution in [3.63, 3.8) is 0 Å². The van der Waals surface area contributed by atoms with Gasteiger partial charge < -0.3 is 4.74 Å². The third kappa shape index (κ3) is 4.24. The maximum Gasteiger partial charge on any atom is 0.343 e. The van der Waals surface area contributed by atoms with Crippen LogP contribution in [0.25, 0.3) is 10.6 Å². The van der Waals surface area contributed by atoms with Crippen LogP contribution in [0.15, 0.2) is 58.8 Å². The molecule has 0 fully saturated rings. The quantitative estimate of drug-likeness (QED) is 0.481. The first-order chi connectivity index (χ1) is 12.8. The predicted molar refractivity (Wildman–Crippen MR) is 105 cm³/mol. The molecule has 3 aromatic rings. The van der Waals surface area contributed by atoms with Crippen molar-refractivity contribution in [3.05, 3.63) is 65.2 Å². The summed E-state index contributed by atoms with van der Waals surface area (Å²) in [5, 5.41) is 2.88. The van der Waals surface area contributed by atoms with Gasteiger partial charge in [0, 0.05) is 30.7 Å². The molecule has 0 aliphatic rings. The van der Waals surface area contributed by atoms with E-state index >= 15 is 0 Å². The molecule has 27 heavy (non-hydrogen) atoms. The molecule has 0 saturated carbocycles. The van der Waals surface area contributed by atoms with Crippen molar-refractivity contribution >= 4 is 27.3 Å². The largest absolute Gasteiger partial charge is 0.423 e. The Labute approximate surface area is 162 Å². The van der Waals surface area contributed by atoms with E-state index in [-0.39, 0.29) is 10.5 Å². The van der Waals surface area contributed by atoms with Crippen molar-refractivity contribution in [1.29, 1.82) is 0 Å². The zero-order chi connectivity index (χ0) is 19.6. The molecule has 0 aliphatic carbocycles. The minimum Gasteiger partial charge on any atom is -0.423 e. The lowest BCUT2D eigenvalue weighted by Crippen LogP contribution is -2.22. The Kier molecular flexibility index (Phi) is 5.41. The summed E-state index contributed by atoms with van der Waals surface area (Å²) in [6.07, 6.45) is 0. The second-order valence-corrected chi connectivity index (χ2v) is 9.03. The number of aryl methyl sites for hydroxylation is 1. The SMILES string of the molecule is Cc1csc(-c2ccc(OC(=O)c3ccc(S(=O)(=O)N(C)C)cc3)cc2)n1. The van der Waals surface area contributed by atoms with E-state index in [0.29, 0.717) is 5.75 Å². The van der Waals surface area contributed by atoms with Crippen LogP contribution in [0.1, 0.15) is 16.1 Å². The van der Waals surface area contributed by atoms with Gasteiger partial charge in [-0.3, -0.25) is 0 Å². The van der Waals surface area contributed by atoms with Gasteiger partial charge >= 0.3 is 5.97 Å². The predicted octanol–water partition coefficient (Wildman–Crippen LogP) is 3.59. The van der Waals surface area contributed by atoms with Gasteiger partial charge in [0.25, 0.3) is 0 Å². The molecule has 0 spiro atoms. The van der Waals surface area contributed by atoms with Crippen molar-refractivity contribution in [1.82, 2.24) is 9.29 Å². The summed E-state index contributed by atoms with van der Waals surface area (Å²) in [6, 6.07) is 12.7. The lowest BCUT2D eigenvalue weighted by Gasteiger charge is -2.11. The number of carbonyl (C=O) groups is 1. The van der Waals surface area contributed by atoms with Crippen LogP contribution in [0.5, 0.6) is 5.75 Å². The molecule has 1 heterocycles. The topological polar surface area (TPSA) is 76.6 Å². The second kappa shape index (κ2) is 7.59. The van der Waals surface area contributed by atoms with Crippen LogP contribution >= 0.6 is 11.3 Å². The lowest BCUT2D eigenvalue weighted by atomic mass is 10.2. The number of sulfonamides is 1. The van der Waals surface area contributed by atoms with Gasteiger partial charge in [-0.25, -0.2) is 22.5 Å². The zero-order valence-corrected chi connectivity index (χ0v) is 16.7. The summed E-state index contributed by atoms with van der Waals surface area (Å²) in [6.45, 7) is 1.94. The highest BCUT2D eigenvalue weighted by molar-refractivity contribution is 7.89. The number of ether oxygens (including phenoxy) is 1. The van der Waals surface area contributed by atoms with Crippen molar-refractivity contribution in [2.75, 3.05) is 14.1 Å². The normalized spacial score (nSPS) is 11.6. The monoisotopic (exact) mass is 402 g/mol. The summed E-state index contributed by atoms with van der Waals surface area (Å²) >= 11 is 1.55. The average Bonchev–Trinajstić information content (AvgIpc) is 3.08. The third-order valence-electron chi connectivity index (χ3n) is 3.80. The van der Waals surface area contributed by atoms with E-state index in [4.69, 9.17) is 4.74 Å². The van der Waals surface area contributed by atoms with Gasteiger partial charge in [-0.05, 0) is 55.5 Å². The van der Waals surface area contributed by atoms with Gasteiger partial charge in [-0.1, -0.05) is 0 Å². The summed E-state index contributed by atoms with van der Waals surface area (Å²) in [5.74, 6) is -0.149. The van der Waals surface area contributed by atoms with Crippen LogP contribution in [0.4, 0.5) is 0 Å². The summed E-state index contributed by atoms with van der Waals surface area (Å²) in [7, 11) is -0.626. The van der Waals surface area contributed by atoms with Crippen LogP contribution in [0.2, 0.25) is 0 Å². The number of benzene rings is 2. The molecule has 0 atom stereocenters. The molecule has 0 N–H and O–H groups in total. The summed E-state index contributed by atoms with van der Waals surface area (Å²) in [5.41, 5.74) is 2.18. The number of hydrogen-bond donors (Lipinski definition) is 0. The molecule has 0 aliphatic heterocycles. The zero-order valence-electron chi connectivity index (χ0n) is 15.0. The van der Waals surface area contributed by atoms with E-state index in [2.05, 4.69) is 4.98 Å². The van der Waals surface area contributed by atoms with Crippen molar-refractivity contribution in [3.8, 4) is 16.3 Å². The van der Waals surface area contributed by atoms with Crippen LogP contribution in [-0.2, 0) is 10.0 Å². The third-order valence-corrected chi connectivity index (χ3v) is 6.64. The van der Waals surface area contributed by atoms with Crippen LogP contribution in [-0.4, -0.2) is 37.8 Å². The minimum absolute atomic E-state index is 0.118. The van der Waals surface area contributed by atoms with E-state index in [9.17, 15) is 13.2 Å². The molecule has 2 aromatic carbocycles. The Morgan fingerprint density at radius 1 is 1.04 bits per heavy atom. The standard InChI is InChI=1S/C19H18N2O4S2/c1-13-12-26-18(20-13)14-4-8-16(9-5-14)25-19(22)15-6-10-17(11-7-15)27(23,24)21(2)3/h4-12H,1-3H3. The first-order valence-corrected chi connectivity index (χ1v) is 10.4. The highest BCUT2D eigenvalue weighted by Crippen LogP contribution is 2.26. The second-order valence-electron chi connectivity index (χ2n) is 6.02. The smallest absolute Gasteiger partial charge is 0.343 e. The van der Waals surface area contributed by atoms with E-state index < -0.39 is 16.0 Å². The Morgan fingerprint density at radius 3 is 2.19 bits per heavy atom. The molecular formula is C19H18N2O4S2. The fourth-order valence-electron chi connectivity index (χ4n) is 2.29. The van der Waals surface area contributed by atoms with Gasteiger partial charge in [0.1, 0.15) is 10.8 Å². The number of hydrogen-bond acceptors (Lipinski definition) is 6. The first-order valence-electron chi connectivity index (χ1n) is 8.05. The van der Waals surface area contributed by atoms with Gasteiger partial charge in [0.15, 0.2) is 0 Å². The van der Waals surface area contributed by atoms with Crippen molar-refractivity contribution in [2.24, 2.45) is 0 Å². The fraction of sp³-hybridized carbons (Fsp3) is 0.158. The van der Waals surface area contributed by atoms with Crippen LogP contribution in [0, 0.1) is 6.92 Å². The van der Waals surface area contributed by atoms with Crippen molar-refractivity contribution in [2.45, 2.75) is 11.8 Å². The molecule has 140 valence electrons. The molecule has 3 rings (SSSR count). The number of aromatic nitrogens is 1. The number of thiazole rings is 1. The molecule has 8 heteroatoms. The Bertz CT molecular complexity index is 1050.